The van der Waals surface area contributed by atoms with Gasteiger partial charge in [0.05, 0.1) is 12.6 Å². The van der Waals surface area contributed by atoms with E-state index in [-0.39, 0.29) is 0 Å². The zero-order chi connectivity index (χ0) is 13.9. The standard InChI is InChI=1S/C17H33N2/c1-4-6-7-8-9-10-11-12-13-18-14-15-19(16-18)17(3)5-2/h14-17H,4-13H2,1-3H3/q+1. The molecule has 0 aliphatic heterocycles. The molecule has 0 N–H and O–H groups in total. The lowest BCUT2D eigenvalue weighted by molar-refractivity contribution is -0.697. The van der Waals surface area contributed by atoms with Crippen molar-refractivity contribution in [2.24, 2.45) is 0 Å². The maximum atomic E-state index is 2.34. The molecule has 110 valence electrons. The summed E-state index contributed by atoms with van der Waals surface area (Å²) in [6, 6.07) is 0.625. The van der Waals surface area contributed by atoms with Crippen molar-refractivity contribution in [3.8, 4) is 0 Å². The number of aromatic nitrogens is 2. The van der Waals surface area contributed by atoms with Crippen LogP contribution >= 0.6 is 0 Å². The van der Waals surface area contributed by atoms with Gasteiger partial charge in [-0.15, -0.1) is 0 Å². The van der Waals surface area contributed by atoms with E-state index in [1.807, 2.05) is 0 Å². The van der Waals surface area contributed by atoms with Crippen LogP contribution in [0.5, 0.6) is 0 Å². The van der Waals surface area contributed by atoms with Crippen LogP contribution in [0.1, 0.15) is 84.6 Å². The molecule has 1 aromatic heterocycles. The van der Waals surface area contributed by atoms with Crippen molar-refractivity contribution in [3.63, 3.8) is 0 Å². The third-order valence-electron chi connectivity index (χ3n) is 4.08. The van der Waals surface area contributed by atoms with Crippen LogP contribution in [0, 0.1) is 0 Å². The lowest BCUT2D eigenvalue weighted by Crippen LogP contribution is -2.31. The first-order chi connectivity index (χ1) is 9.27. The molecule has 0 aromatic carbocycles. The lowest BCUT2D eigenvalue weighted by atomic mass is 10.1. The Morgan fingerprint density at radius 2 is 1.58 bits per heavy atom. The van der Waals surface area contributed by atoms with Crippen LogP contribution in [-0.2, 0) is 6.54 Å². The molecule has 1 atom stereocenters. The first kappa shape index (κ1) is 16.3. The predicted molar refractivity (Wildman–Crippen MR) is 82.2 cm³/mol. The van der Waals surface area contributed by atoms with Crippen LogP contribution in [-0.4, -0.2) is 4.57 Å². The van der Waals surface area contributed by atoms with E-state index in [0.29, 0.717) is 6.04 Å². The summed E-state index contributed by atoms with van der Waals surface area (Å²) in [5.74, 6) is 0. The molecule has 0 spiro atoms. The molecule has 0 radical (unpaired) electrons. The molecule has 0 saturated heterocycles. The number of aryl methyl sites for hydroxylation is 1. The molecule has 1 heterocycles. The van der Waals surface area contributed by atoms with Crippen molar-refractivity contribution in [1.29, 1.82) is 0 Å². The summed E-state index contributed by atoms with van der Waals surface area (Å²) < 4.78 is 4.66. The van der Waals surface area contributed by atoms with Gasteiger partial charge in [0.2, 0.25) is 6.33 Å². The third-order valence-corrected chi connectivity index (χ3v) is 4.08. The van der Waals surface area contributed by atoms with Gasteiger partial charge in [-0.2, -0.15) is 0 Å². The fourth-order valence-corrected chi connectivity index (χ4v) is 2.44. The van der Waals surface area contributed by atoms with E-state index in [1.165, 1.54) is 64.3 Å². The zero-order valence-corrected chi connectivity index (χ0v) is 13.3. The molecule has 2 nitrogen and oxygen atoms in total. The van der Waals surface area contributed by atoms with Crippen LogP contribution in [0.4, 0.5) is 0 Å². The third kappa shape index (κ3) is 6.79. The van der Waals surface area contributed by atoms with Crippen LogP contribution in [0.3, 0.4) is 0 Å². The summed E-state index contributed by atoms with van der Waals surface area (Å²) in [6.45, 7) is 7.98. The number of rotatable bonds is 11. The Morgan fingerprint density at radius 1 is 0.947 bits per heavy atom. The number of hydrogen-bond acceptors (Lipinski definition) is 0. The molecule has 2 heteroatoms. The van der Waals surface area contributed by atoms with E-state index in [0.717, 1.165) is 0 Å². The minimum Gasteiger partial charge on any atom is -0.237 e. The van der Waals surface area contributed by atoms with Crippen molar-refractivity contribution < 1.29 is 4.57 Å². The van der Waals surface area contributed by atoms with Gasteiger partial charge in [-0.3, -0.25) is 0 Å². The molecular weight excluding hydrogens is 232 g/mol. The second-order valence-corrected chi connectivity index (χ2v) is 5.83. The molecule has 0 fully saturated rings. The Kier molecular flexibility index (Phi) is 8.61. The molecule has 0 saturated carbocycles. The van der Waals surface area contributed by atoms with Gasteiger partial charge >= 0.3 is 0 Å². The fourth-order valence-electron chi connectivity index (χ4n) is 2.44. The summed E-state index contributed by atoms with van der Waals surface area (Å²) in [5.41, 5.74) is 0. The number of hydrogen-bond donors (Lipinski definition) is 0. The summed E-state index contributed by atoms with van der Waals surface area (Å²) in [5, 5.41) is 0. The predicted octanol–water partition coefficient (Wildman–Crippen LogP) is 4.89. The summed E-state index contributed by atoms with van der Waals surface area (Å²) in [7, 11) is 0. The monoisotopic (exact) mass is 265 g/mol. The molecule has 0 aliphatic carbocycles. The average Bonchev–Trinajstić information content (AvgIpc) is 2.89. The normalized spacial score (nSPS) is 12.8. The SMILES string of the molecule is CCCCCCCCCC[n+]1ccn(C(C)CC)c1. The van der Waals surface area contributed by atoms with Crippen LogP contribution in [0.15, 0.2) is 18.7 Å². The highest BCUT2D eigenvalue weighted by atomic mass is 15.1. The van der Waals surface area contributed by atoms with Crippen molar-refractivity contribution >= 4 is 0 Å². The van der Waals surface area contributed by atoms with E-state index in [1.54, 1.807) is 0 Å². The molecule has 0 aliphatic rings. The number of nitrogens with zero attached hydrogens (tertiary/aromatic N) is 2. The summed E-state index contributed by atoms with van der Waals surface area (Å²) in [4.78, 5) is 0. The highest BCUT2D eigenvalue weighted by Gasteiger charge is 2.08. The van der Waals surface area contributed by atoms with Crippen molar-refractivity contribution in [2.45, 2.75) is 91.1 Å². The Labute approximate surface area is 119 Å². The van der Waals surface area contributed by atoms with Gasteiger partial charge in [0.1, 0.15) is 12.4 Å². The van der Waals surface area contributed by atoms with Gasteiger partial charge in [-0.1, -0.05) is 52.4 Å². The Balaban J connectivity index is 2.04. The van der Waals surface area contributed by atoms with Gasteiger partial charge in [0.25, 0.3) is 0 Å². The number of imidazole rings is 1. The van der Waals surface area contributed by atoms with Gasteiger partial charge < -0.3 is 0 Å². The first-order valence-corrected chi connectivity index (χ1v) is 8.34. The smallest absolute Gasteiger partial charge is 0.237 e. The van der Waals surface area contributed by atoms with Crippen LogP contribution < -0.4 is 4.57 Å². The Morgan fingerprint density at radius 3 is 2.21 bits per heavy atom. The first-order valence-electron chi connectivity index (χ1n) is 8.34. The zero-order valence-electron chi connectivity index (χ0n) is 13.3. The molecule has 0 amide bonds. The molecule has 1 aromatic rings. The van der Waals surface area contributed by atoms with E-state index in [4.69, 9.17) is 0 Å². The van der Waals surface area contributed by atoms with E-state index in [2.05, 4.69) is 48.6 Å². The average molecular weight is 265 g/mol. The van der Waals surface area contributed by atoms with Gasteiger partial charge in [0, 0.05) is 0 Å². The lowest BCUT2D eigenvalue weighted by Gasteiger charge is -2.02. The molecule has 1 unspecified atom stereocenters. The maximum Gasteiger partial charge on any atom is 0.243 e. The molecule has 19 heavy (non-hydrogen) atoms. The fraction of sp³-hybridized carbons (Fsp3) is 0.824. The van der Waals surface area contributed by atoms with Gasteiger partial charge in [0.15, 0.2) is 0 Å². The highest BCUT2D eigenvalue weighted by Crippen LogP contribution is 2.09. The van der Waals surface area contributed by atoms with Crippen molar-refractivity contribution in [3.05, 3.63) is 18.7 Å². The minimum atomic E-state index is 0.625. The Bertz CT molecular complexity index is 317. The second-order valence-electron chi connectivity index (χ2n) is 5.83. The highest BCUT2D eigenvalue weighted by molar-refractivity contribution is 4.71. The quantitative estimate of drug-likeness (QED) is 0.398. The number of unbranched alkanes of at least 4 members (excludes halogenated alkanes) is 7. The maximum absolute atomic E-state index is 2.34. The van der Waals surface area contributed by atoms with E-state index < -0.39 is 0 Å². The topological polar surface area (TPSA) is 8.81 Å². The van der Waals surface area contributed by atoms with E-state index >= 15 is 0 Å². The van der Waals surface area contributed by atoms with Gasteiger partial charge in [-0.05, 0) is 26.2 Å². The van der Waals surface area contributed by atoms with Gasteiger partial charge in [-0.25, -0.2) is 9.13 Å². The molecule has 0 bridgehead atoms. The summed E-state index contributed by atoms with van der Waals surface area (Å²) >= 11 is 0. The minimum absolute atomic E-state index is 0.625. The Hall–Kier alpha value is -0.790. The largest absolute Gasteiger partial charge is 0.243 e. The second kappa shape index (κ2) is 10.1. The van der Waals surface area contributed by atoms with E-state index in [9.17, 15) is 0 Å². The van der Waals surface area contributed by atoms with Crippen LogP contribution in [0.25, 0.3) is 0 Å². The van der Waals surface area contributed by atoms with Crippen molar-refractivity contribution in [2.75, 3.05) is 0 Å². The molecular formula is C17H33N2+. The van der Waals surface area contributed by atoms with Crippen molar-refractivity contribution in [1.82, 2.24) is 4.57 Å². The summed E-state index contributed by atoms with van der Waals surface area (Å²) in [6.07, 6.45) is 19.1. The van der Waals surface area contributed by atoms with Crippen LogP contribution in [0.2, 0.25) is 0 Å². The molecule has 1 rings (SSSR count).